The third-order valence-corrected chi connectivity index (χ3v) is 4.71. The fraction of sp³-hybridized carbons (Fsp3) is 0.923. The maximum Gasteiger partial charge on any atom is 0.224 e. The van der Waals surface area contributed by atoms with Crippen LogP contribution < -0.4 is 5.73 Å². The topological polar surface area (TPSA) is 43.1 Å². The van der Waals surface area contributed by atoms with Crippen LogP contribution in [0.15, 0.2) is 0 Å². The van der Waals surface area contributed by atoms with Gasteiger partial charge in [-0.15, -0.1) is 0 Å². The number of amides is 1. The van der Waals surface area contributed by atoms with E-state index in [1.54, 1.807) is 0 Å². The smallest absolute Gasteiger partial charge is 0.224 e. The summed E-state index contributed by atoms with van der Waals surface area (Å²) < 4.78 is 0. The van der Waals surface area contributed by atoms with Crippen LogP contribution in [0, 0.1) is 16.2 Å². The maximum atomic E-state index is 11.7. The van der Waals surface area contributed by atoms with E-state index in [0.717, 1.165) is 25.7 Å². The normalized spacial score (nSPS) is 35.3. The molecule has 2 atom stereocenters. The van der Waals surface area contributed by atoms with Crippen LogP contribution in [0.25, 0.3) is 0 Å². The fourth-order valence-electron chi connectivity index (χ4n) is 2.77. The van der Waals surface area contributed by atoms with Crippen LogP contribution in [0.3, 0.4) is 0 Å². The van der Waals surface area contributed by atoms with Crippen molar-refractivity contribution in [2.24, 2.45) is 22.0 Å². The van der Waals surface area contributed by atoms with Gasteiger partial charge in [-0.3, -0.25) is 4.79 Å². The molecule has 0 radical (unpaired) electrons. The first-order valence-electron chi connectivity index (χ1n) is 6.03. The second-order valence-electron chi connectivity index (χ2n) is 6.23. The van der Waals surface area contributed by atoms with Crippen molar-refractivity contribution in [3.63, 3.8) is 0 Å². The van der Waals surface area contributed by atoms with Crippen molar-refractivity contribution >= 4 is 5.91 Å². The molecular weight excluding hydrogens is 186 g/mol. The third-order valence-electron chi connectivity index (χ3n) is 4.71. The van der Waals surface area contributed by atoms with Gasteiger partial charge in [-0.05, 0) is 30.1 Å². The minimum Gasteiger partial charge on any atom is -0.369 e. The Hall–Kier alpha value is -0.530. The molecule has 0 saturated heterocycles. The number of nitrogens with two attached hydrogens (primary N) is 1. The van der Waals surface area contributed by atoms with Crippen molar-refractivity contribution in [3.8, 4) is 0 Å². The van der Waals surface area contributed by atoms with Gasteiger partial charge in [-0.2, -0.15) is 0 Å². The molecule has 1 aliphatic carbocycles. The number of carbonyl (C=O) groups is 1. The van der Waals surface area contributed by atoms with Gasteiger partial charge in [-0.1, -0.05) is 41.0 Å². The van der Waals surface area contributed by atoms with Crippen LogP contribution in [-0.4, -0.2) is 5.91 Å². The van der Waals surface area contributed by atoms with E-state index < -0.39 is 0 Å². The molecule has 0 aliphatic heterocycles. The zero-order valence-electron chi connectivity index (χ0n) is 10.8. The highest BCUT2D eigenvalue weighted by Gasteiger charge is 2.67. The Labute approximate surface area is 93.6 Å². The Bertz CT molecular complexity index is 272. The zero-order chi connectivity index (χ0) is 11.9. The minimum absolute atomic E-state index is 0.0895. The SMILES string of the molecule is CCC(C)(C)CC1(C(N)=O)CC1(C)CC. The quantitative estimate of drug-likeness (QED) is 0.746. The van der Waals surface area contributed by atoms with Gasteiger partial charge in [0.1, 0.15) is 0 Å². The predicted molar refractivity (Wildman–Crippen MR) is 63.3 cm³/mol. The number of hydrogen-bond donors (Lipinski definition) is 1. The van der Waals surface area contributed by atoms with Gasteiger partial charge in [0.15, 0.2) is 0 Å². The predicted octanol–water partition coefficient (Wildman–Crippen LogP) is 3.10. The molecule has 0 aromatic rings. The summed E-state index contributed by atoms with van der Waals surface area (Å²) in [4.78, 5) is 11.7. The number of carbonyl (C=O) groups excluding carboxylic acids is 1. The van der Waals surface area contributed by atoms with Crippen molar-refractivity contribution < 1.29 is 4.79 Å². The van der Waals surface area contributed by atoms with E-state index in [1.807, 2.05) is 0 Å². The van der Waals surface area contributed by atoms with Crippen LogP contribution in [0.4, 0.5) is 0 Å². The molecule has 2 N–H and O–H groups in total. The summed E-state index contributed by atoms with van der Waals surface area (Å²) in [6.07, 6.45) is 4.07. The van der Waals surface area contributed by atoms with Crippen molar-refractivity contribution in [1.82, 2.24) is 0 Å². The Morgan fingerprint density at radius 3 is 2.20 bits per heavy atom. The molecular formula is C13H25NO. The molecule has 0 aromatic heterocycles. The number of primary amides is 1. The lowest BCUT2D eigenvalue weighted by Gasteiger charge is -2.30. The van der Waals surface area contributed by atoms with E-state index >= 15 is 0 Å². The molecule has 1 rings (SSSR count). The highest BCUT2D eigenvalue weighted by atomic mass is 16.1. The second-order valence-corrected chi connectivity index (χ2v) is 6.23. The van der Waals surface area contributed by atoms with Crippen LogP contribution in [-0.2, 0) is 4.79 Å². The molecule has 1 amide bonds. The highest BCUT2D eigenvalue weighted by Crippen LogP contribution is 2.69. The van der Waals surface area contributed by atoms with Crippen molar-refractivity contribution in [1.29, 1.82) is 0 Å². The summed E-state index contributed by atoms with van der Waals surface area (Å²) in [5.41, 5.74) is 5.77. The van der Waals surface area contributed by atoms with Crippen molar-refractivity contribution in [2.75, 3.05) is 0 Å². The van der Waals surface area contributed by atoms with Crippen LogP contribution in [0.1, 0.15) is 60.3 Å². The van der Waals surface area contributed by atoms with Crippen molar-refractivity contribution in [2.45, 2.75) is 60.3 Å². The summed E-state index contributed by atoms with van der Waals surface area (Å²) in [7, 11) is 0. The first-order valence-corrected chi connectivity index (χ1v) is 6.03. The molecule has 15 heavy (non-hydrogen) atoms. The van der Waals surface area contributed by atoms with E-state index in [9.17, 15) is 4.79 Å². The molecule has 88 valence electrons. The average molecular weight is 211 g/mol. The molecule has 0 spiro atoms. The maximum absolute atomic E-state index is 11.7. The van der Waals surface area contributed by atoms with E-state index in [1.165, 1.54) is 0 Å². The lowest BCUT2D eigenvalue weighted by Crippen LogP contribution is -2.33. The summed E-state index contributed by atoms with van der Waals surface area (Å²) in [5.74, 6) is -0.0895. The lowest BCUT2D eigenvalue weighted by atomic mass is 9.75. The monoisotopic (exact) mass is 211 g/mol. The van der Waals surface area contributed by atoms with E-state index in [-0.39, 0.29) is 22.2 Å². The summed E-state index contributed by atoms with van der Waals surface area (Å²) >= 11 is 0. The first kappa shape index (κ1) is 12.5. The Balaban J connectivity index is 2.85. The van der Waals surface area contributed by atoms with Gasteiger partial charge >= 0.3 is 0 Å². The van der Waals surface area contributed by atoms with Gasteiger partial charge in [0.05, 0.1) is 5.41 Å². The van der Waals surface area contributed by atoms with Gasteiger partial charge in [0.2, 0.25) is 5.91 Å². The Morgan fingerprint density at radius 1 is 1.40 bits per heavy atom. The molecule has 1 saturated carbocycles. The van der Waals surface area contributed by atoms with Crippen LogP contribution in [0.5, 0.6) is 0 Å². The van der Waals surface area contributed by atoms with Gasteiger partial charge in [0.25, 0.3) is 0 Å². The standard InChI is InChI=1S/C13H25NO/c1-6-11(3,4)8-13(10(14)15)9-12(13,5)7-2/h6-9H2,1-5H3,(H2,14,15). The van der Waals surface area contributed by atoms with E-state index in [2.05, 4.69) is 34.6 Å². The van der Waals surface area contributed by atoms with Gasteiger partial charge < -0.3 is 5.73 Å². The van der Waals surface area contributed by atoms with Gasteiger partial charge in [0, 0.05) is 0 Å². The molecule has 1 fully saturated rings. The first-order chi connectivity index (χ1) is 6.73. The average Bonchev–Trinajstić information content (AvgIpc) is 2.73. The molecule has 0 aromatic carbocycles. The van der Waals surface area contributed by atoms with Gasteiger partial charge in [-0.25, -0.2) is 0 Å². The highest BCUT2D eigenvalue weighted by molar-refractivity contribution is 5.85. The van der Waals surface area contributed by atoms with Crippen molar-refractivity contribution in [3.05, 3.63) is 0 Å². The molecule has 0 bridgehead atoms. The molecule has 0 heterocycles. The summed E-state index contributed by atoms with van der Waals surface area (Å²) in [5, 5.41) is 0. The summed E-state index contributed by atoms with van der Waals surface area (Å²) in [6, 6.07) is 0. The molecule has 1 aliphatic rings. The molecule has 2 heteroatoms. The zero-order valence-corrected chi connectivity index (χ0v) is 10.8. The minimum atomic E-state index is -0.221. The number of rotatable bonds is 5. The summed E-state index contributed by atoms with van der Waals surface area (Å²) in [6.45, 7) is 11.0. The van der Waals surface area contributed by atoms with Crippen LogP contribution >= 0.6 is 0 Å². The second kappa shape index (κ2) is 3.50. The van der Waals surface area contributed by atoms with Crippen LogP contribution in [0.2, 0.25) is 0 Å². The molecule has 2 unspecified atom stereocenters. The Morgan fingerprint density at radius 2 is 1.93 bits per heavy atom. The third kappa shape index (κ3) is 1.91. The number of hydrogen-bond acceptors (Lipinski definition) is 1. The fourth-order valence-corrected chi connectivity index (χ4v) is 2.77. The van der Waals surface area contributed by atoms with E-state index in [4.69, 9.17) is 5.73 Å². The largest absolute Gasteiger partial charge is 0.369 e. The van der Waals surface area contributed by atoms with E-state index in [0.29, 0.717) is 0 Å². The lowest BCUT2D eigenvalue weighted by molar-refractivity contribution is -0.125. The molecule has 2 nitrogen and oxygen atoms in total. The Kier molecular flexibility index (Phi) is 2.92.